The average molecular weight is 378 g/mol. The highest BCUT2D eigenvalue weighted by atomic mass is 35.5. The first kappa shape index (κ1) is 18.2. The Hall–Kier alpha value is -2.60. The Labute approximate surface area is 154 Å². The van der Waals surface area contributed by atoms with E-state index in [0.29, 0.717) is 11.5 Å². The second-order valence-electron chi connectivity index (χ2n) is 6.41. The molecular formula is C19H17ClFNO4. The molecule has 0 saturated heterocycles. The molecule has 2 heterocycles. The van der Waals surface area contributed by atoms with Crippen LogP contribution in [0.5, 0.6) is 0 Å². The van der Waals surface area contributed by atoms with E-state index < -0.39 is 29.4 Å². The van der Waals surface area contributed by atoms with Crippen molar-refractivity contribution in [3.63, 3.8) is 0 Å². The number of rotatable bonds is 4. The third kappa shape index (κ3) is 2.90. The highest BCUT2D eigenvalue weighted by molar-refractivity contribution is 6.31. The van der Waals surface area contributed by atoms with E-state index in [4.69, 9.17) is 16.0 Å². The van der Waals surface area contributed by atoms with E-state index >= 15 is 0 Å². The van der Waals surface area contributed by atoms with E-state index in [1.807, 2.05) is 0 Å². The first-order valence-corrected chi connectivity index (χ1v) is 8.42. The number of aryl methyl sites for hydroxylation is 1. The molecule has 1 aromatic carbocycles. The molecule has 0 aliphatic carbocycles. The molecule has 0 spiro atoms. The summed E-state index contributed by atoms with van der Waals surface area (Å²) in [7, 11) is 0. The van der Waals surface area contributed by atoms with Crippen molar-refractivity contribution in [2.24, 2.45) is 5.92 Å². The summed E-state index contributed by atoms with van der Waals surface area (Å²) >= 11 is 5.84. The van der Waals surface area contributed by atoms with Crippen LogP contribution >= 0.6 is 11.6 Å². The maximum absolute atomic E-state index is 13.5. The molecule has 1 aliphatic rings. The van der Waals surface area contributed by atoms with Gasteiger partial charge in [-0.05, 0) is 37.3 Å². The number of hydrogen-bond donors (Lipinski definition) is 1. The second-order valence-corrected chi connectivity index (χ2v) is 6.81. The summed E-state index contributed by atoms with van der Waals surface area (Å²) in [6.07, 6.45) is 0. The standard InChI is InChI=1S/C19H17ClFNO4/c1-9(2)17(23)15-16(14-7-4-10(3)26-14)22(19(25)18(15)24)11-5-6-13(21)12(20)8-11/h4-9,16,24H,1-3H3. The van der Waals surface area contributed by atoms with E-state index in [1.54, 1.807) is 32.9 Å². The van der Waals surface area contributed by atoms with E-state index in [1.165, 1.54) is 17.0 Å². The van der Waals surface area contributed by atoms with Gasteiger partial charge < -0.3 is 9.52 Å². The number of hydrogen-bond acceptors (Lipinski definition) is 4. The second kappa shape index (κ2) is 6.61. The van der Waals surface area contributed by atoms with E-state index in [9.17, 15) is 19.1 Å². The lowest BCUT2D eigenvalue weighted by atomic mass is 9.94. The van der Waals surface area contributed by atoms with Crippen molar-refractivity contribution in [3.8, 4) is 0 Å². The van der Waals surface area contributed by atoms with Gasteiger partial charge in [0, 0.05) is 11.6 Å². The normalized spacial score (nSPS) is 17.5. The van der Waals surface area contributed by atoms with Crippen LogP contribution in [0.3, 0.4) is 0 Å². The molecule has 0 radical (unpaired) electrons. The van der Waals surface area contributed by atoms with E-state index in [-0.39, 0.29) is 22.1 Å². The lowest BCUT2D eigenvalue weighted by Gasteiger charge is -2.25. The van der Waals surface area contributed by atoms with Gasteiger partial charge in [0.1, 0.15) is 23.4 Å². The van der Waals surface area contributed by atoms with Crippen LogP contribution in [0, 0.1) is 18.7 Å². The molecule has 136 valence electrons. The number of halogens is 2. The molecule has 5 nitrogen and oxygen atoms in total. The van der Waals surface area contributed by atoms with Crippen molar-refractivity contribution in [3.05, 3.63) is 64.0 Å². The van der Waals surface area contributed by atoms with Gasteiger partial charge in [0.2, 0.25) is 0 Å². The molecule has 3 rings (SSSR count). The third-order valence-electron chi connectivity index (χ3n) is 4.21. The maximum Gasteiger partial charge on any atom is 0.294 e. The zero-order chi connectivity index (χ0) is 19.2. The molecule has 0 saturated carbocycles. The van der Waals surface area contributed by atoms with Gasteiger partial charge in [-0.3, -0.25) is 14.5 Å². The zero-order valence-corrected chi connectivity index (χ0v) is 15.2. The molecule has 2 aromatic rings. The molecular weight excluding hydrogens is 361 g/mol. The monoisotopic (exact) mass is 377 g/mol. The highest BCUT2D eigenvalue weighted by Crippen LogP contribution is 2.42. The molecule has 1 aromatic heterocycles. The Morgan fingerprint density at radius 2 is 2.00 bits per heavy atom. The summed E-state index contributed by atoms with van der Waals surface area (Å²) in [5.41, 5.74) is 0.207. The first-order valence-electron chi connectivity index (χ1n) is 8.04. The Morgan fingerprint density at radius 3 is 2.54 bits per heavy atom. The third-order valence-corrected chi connectivity index (χ3v) is 4.50. The Morgan fingerprint density at radius 1 is 1.31 bits per heavy atom. The van der Waals surface area contributed by atoms with Gasteiger partial charge in [-0.2, -0.15) is 0 Å². The van der Waals surface area contributed by atoms with Gasteiger partial charge in [-0.1, -0.05) is 25.4 Å². The minimum absolute atomic E-state index is 0.0419. The number of aliphatic hydroxyl groups is 1. The van der Waals surface area contributed by atoms with E-state index in [2.05, 4.69) is 0 Å². The predicted octanol–water partition coefficient (Wildman–Crippen LogP) is 4.51. The summed E-state index contributed by atoms with van der Waals surface area (Å²) in [5.74, 6) is -1.93. The van der Waals surface area contributed by atoms with Crippen molar-refractivity contribution in [1.29, 1.82) is 0 Å². The smallest absolute Gasteiger partial charge is 0.294 e. The van der Waals surface area contributed by atoms with Crippen molar-refractivity contribution >= 4 is 29.0 Å². The number of carbonyl (C=O) groups excluding carboxylic acids is 2. The van der Waals surface area contributed by atoms with E-state index in [0.717, 1.165) is 6.07 Å². The van der Waals surface area contributed by atoms with Crippen LogP contribution in [0.2, 0.25) is 5.02 Å². The fourth-order valence-electron chi connectivity index (χ4n) is 2.94. The van der Waals surface area contributed by atoms with Gasteiger partial charge in [0.15, 0.2) is 11.5 Å². The number of ketones is 1. The van der Waals surface area contributed by atoms with Crippen LogP contribution in [0.15, 0.2) is 46.1 Å². The van der Waals surface area contributed by atoms with Gasteiger partial charge in [0.25, 0.3) is 5.91 Å². The van der Waals surface area contributed by atoms with Crippen molar-refractivity contribution in [2.75, 3.05) is 4.90 Å². The molecule has 7 heteroatoms. The molecule has 26 heavy (non-hydrogen) atoms. The lowest BCUT2D eigenvalue weighted by Crippen LogP contribution is -2.31. The molecule has 1 N–H and O–H groups in total. The molecule has 1 unspecified atom stereocenters. The summed E-state index contributed by atoms with van der Waals surface area (Å²) in [4.78, 5) is 26.6. The quantitative estimate of drug-likeness (QED) is 0.851. The summed E-state index contributed by atoms with van der Waals surface area (Å²) in [6, 6.07) is 6.13. The molecule has 1 amide bonds. The fourth-order valence-corrected chi connectivity index (χ4v) is 3.11. The number of benzene rings is 1. The topological polar surface area (TPSA) is 70.8 Å². The van der Waals surface area contributed by atoms with Crippen LogP contribution in [0.1, 0.15) is 31.4 Å². The molecule has 0 fully saturated rings. The summed E-state index contributed by atoms with van der Waals surface area (Å²) in [5, 5.41) is 10.2. The Balaban J connectivity index is 2.19. The number of Topliss-reactive ketones (excluding diaryl/α,β-unsaturated/α-hetero) is 1. The first-order chi connectivity index (χ1) is 12.2. The largest absolute Gasteiger partial charge is 0.503 e. The number of amides is 1. The predicted molar refractivity (Wildman–Crippen MR) is 94.6 cm³/mol. The van der Waals surface area contributed by atoms with Crippen LogP contribution in [0.4, 0.5) is 10.1 Å². The van der Waals surface area contributed by atoms with Gasteiger partial charge in [-0.25, -0.2) is 4.39 Å². The molecule has 1 aliphatic heterocycles. The number of aliphatic hydroxyl groups excluding tert-OH is 1. The maximum atomic E-state index is 13.5. The number of nitrogens with zero attached hydrogens (tertiary/aromatic N) is 1. The Kier molecular flexibility index (Phi) is 4.63. The zero-order valence-electron chi connectivity index (χ0n) is 14.4. The van der Waals surface area contributed by atoms with Gasteiger partial charge in [0.05, 0.1) is 10.6 Å². The summed E-state index contributed by atoms with van der Waals surface area (Å²) in [6.45, 7) is 5.08. The molecule has 1 atom stereocenters. The minimum atomic E-state index is -0.951. The number of carbonyl (C=O) groups is 2. The number of anilines is 1. The van der Waals surface area contributed by atoms with Gasteiger partial charge in [-0.15, -0.1) is 0 Å². The minimum Gasteiger partial charge on any atom is -0.503 e. The SMILES string of the molecule is Cc1ccc(C2C(C(=O)C(C)C)=C(O)C(=O)N2c2ccc(F)c(Cl)c2)o1. The summed E-state index contributed by atoms with van der Waals surface area (Å²) < 4.78 is 19.2. The number of furan rings is 1. The van der Waals surface area contributed by atoms with Gasteiger partial charge >= 0.3 is 0 Å². The molecule has 0 bridgehead atoms. The van der Waals surface area contributed by atoms with Crippen LogP contribution < -0.4 is 4.90 Å². The van der Waals surface area contributed by atoms with Crippen molar-refractivity contribution < 1.29 is 23.5 Å². The van der Waals surface area contributed by atoms with Crippen LogP contribution in [0.25, 0.3) is 0 Å². The highest BCUT2D eigenvalue weighted by Gasteiger charge is 2.46. The van der Waals surface area contributed by atoms with Crippen molar-refractivity contribution in [1.82, 2.24) is 0 Å². The lowest BCUT2D eigenvalue weighted by molar-refractivity contribution is -0.119. The Bertz CT molecular complexity index is 931. The average Bonchev–Trinajstić information content (AvgIpc) is 3.12. The van der Waals surface area contributed by atoms with Crippen LogP contribution in [-0.2, 0) is 9.59 Å². The van der Waals surface area contributed by atoms with Crippen molar-refractivity contribution in [2.45, 2.75) is 26.8 Å². The van der Waals surface area contributed by atoms with Crippen LogP contribution in [-0.4, -0.2) is 16.8 Å². The fraction of sp³-hybridized carbons (Fsp3) is 0.263.